The number of amides is 1. The molecule has 3 unspecified atom stereocenters. The highest BCUT2D eigenvalue weighted by molar-refractivity contribution is 5.97. The van der Waals surface area contributed by atoms with E-state index in [-0.39, 0.29) is 12.1 Å². The molecule has 1 aromatic heterocycles. The molecule has 8 rings (SSSR count). The number of H-pyrrole nitrogens is 1. The van der Waals surface area contributed by atoms with Gasteiger partial charge in [0, 0.05) is 41.6 Å². The number of likely N-dealkylation sites (tertiary alicyclic amines) is 1. The summed E-state index contributed by atoms with van der Waals surface area (Å²) >= 11 is 0. The first-order valence-corrected chi connectivity index (χ1v) is 12.6. The van der Waals surface area contributed by atoms with Crippen LogP contribution in [0.3, 0.4) is 0 Å². The molecule has 1 saturated carbocycles. The summed E-state index contributed by atoms with van der Waals surface area (Å²) in [5.74, 6) is 0.914. The number of carbonyl (C=O) groups is 1. The van der Waals surface area contributed by atoms with Crippen molar-refractivity contribution in [3.05, 3.63) is 64.3 Å². The molecule has 2 aromatic carbocycles. The minimum Gasteiger partial charge on any atom is -0.482 e. The lowest BCUT2D eigenvalue weighted by molar-refractivity contribution is -0.950. The van der Waals surface area contributed by atoms with Crippen LogP contribution in [0.5, 0.6) is 5.75 Å². The zero-order valence-electron chi connectivity index (χ0n) is 19.4. The SMILES string of the molecule is C[N@@+]1(CC2CC2)CCC23c4c5ccc(C(N)=O)c4OC2c2[nH]c4ccccc4c2C[C@@]3(O)C1C5. The van der Waals surface area contributed by atoms with Gasteiger partial charge in [0.05, 0.1) is 36.8 Å². The molecule has 6 nitrogen and oxygen atoms in total. The molecule has 1 saturated heterocycles. The fourth-order valence-electron chi connectivity index (χ4n) is 8.46. The third-order valence-electron chi connectivity index (χ3n) is 10.1. The summed E-state index contributed by atoms with van der Waals surface area (Å²) in [5, 5.41) is 14.2. The minimum absolute atomic E-state index is 0.0904. The number of nitrogens with zero attached hydrogens (tertiary/aromatic N) is 1. The molecule has 5 aliphatic rings. The summed E-state index contributed by atoms with van der Waals surface area (Å²) in [6, 6.07) is 12.3. The molecule has 3 heterocycles. The Kier molecular flexibility index (Phi) is 3.36. The van der Waals surface area contributed by atoms with Crippen LogP contribution in [0.1, 0.15) is 58.1 Å². The maximum atomic E-state index is 13.0. The molecule has 2 fully saturated rings. The predicted octanol–water partition coefficient (Wildman–Crippen LogP) is 3.11. The van der Waals surface area contributed by atoms with E-state index >= 15 is 0 Å². The number of hydrogen-bond donors (Lipinski definition) is 3. The summed E-state index contributed by atoms with van der Waals surface area (Å²) in [5.41, 5.74) is 10.3. The highest BCUT2D eigenvalue weighted by atomic mass is 16.5. The smallest absolute Gasteiger partial charge is 0.252 e. The number of para-hydroxylation sites is 1. The van der Waals surface area contributed by atoms with Gasteiger partial charge in [-0.3, -0.25) is 4.79 Å². The number of likely N-dealkylation sites (N-methyl/N-ethyl adjacent to an activating group) is 1. The fourth-order valence-corrected chi connectivity index (χ4v) is 8.46. The average Bonchev–Trinajstić information content (AvgIpc) is 3.43. The summed E-state index contributed by atoms with van der Waals surface area (Å²) in [7, 11) is 2.37. The van der Waals surface area contributed by atoms with E-state index in [1.54, 1.807) is 0 Å². The lowest BCUT2D eigenvalue weighted by atomic mass is 9.48. The molecule has 3 aliphatic carbocycles. The Hall–Kier alpha value is -2.83. The molecular weight excluding hydrogens is 426 g/mol. The third-order valence-corrected chi connectivity index (χ3v) is 10.1. The van der Waals surface area contributed by atoms with Crippen LogP contribution in [0.4, 0.5) is 0 Å². The van der Waals surface area contributed by atoms with Gasteiger partial charge in [-0.15, -0.1) is 0 Å². The highest BCUT2D eigenvalue weighted by Gasteiger charge is 2.76. The van der Waals surface area contributed by atoms with Crippen LogP contribution in [0, 0.1) is 5.92 Å². The summed E-state index contributed by atoms with van der Waals surface area (Å²) in [4.78, 5) is 16.1. The molecule has 34 heavy (non-hydrogen) atoms. The number of quaternary nitrogens is 1. The Morgan fingerprint density at radius 2 is 2.09 bits per heavy atom. The number of rotatable bonds is 3. The van der Waals surface area contributed by atoms with Gasteiger partial charge in [0.2, 0.25) is 0 Å². The van der Waals surface area contributed by atoms with E-state index in [2.05, 4.69) is 36.3 Å². The number of piperidine rings is 1. The zero-order chi connectivity index (χ0) is 23.0. The number of aliphatic hydroxyl groups is 1. The number of nitrogens with one attached hydrogen (secondary N) is 1. The molecular formula is C28H30N3O3+. The number of nitrogens with two attached hydrogens (primary N) is 1. The van der Waals surface area contributed by atoms with E-state index < -0.39 is 16.9 Å². The summed E-state index contributed by atoms with van der Waals surface area (Å²) in [6.07, 6.45) is 4.52. The number of ether oxygens (including phenoxy) is 1. The van der Waals surface area contributed by atoms with Crippen molar-refractivity contribution in [3.8, 4) is 5.75 Å². The van der Waals surface area contributed by atoms with Gasteiger partial charge in [0.25, 0.3) is 5.91 Å². The molecule has 5 atom stereocenters. The summed E-state index contributed by atoms with van der Waals surface area (Å²) < 4.78 is 7.67. The van der Waals surface area contributed by atoms with Gasteiger partial charge < -0.3 is 25.0 Å². The molecule has 0 radical (unpaired) electrons. The van der Waals surface area contributed by atoms with Crippen LogP contribution < -0.4 is 10.5 Å². The van der Waals surface area contributed by atoms with Crippen molar-refractivity contribution in [1.82, 2.24) is 4.98 Å². The van der Waals surface area contributed by atoms with Crippen LogP contribution in [0.25, 0.3) is 10.9 Å². The van der Waals surface area contributed by atoms with Crippen molar-refractivity contribution < 1.29 is 19.1 Å². The average molecular weight is 457 g/mol. The minimum atomic E-state index is -0.952. The number of hydrogen-bond acceptors (Lipinski definition) is 3. The van der Waals surface area contributed by atoms with E-state index in [1.807, 2.05) is 12.1 Å². The second kappa shape index (κ2) is 5.86. The largest absolute Gasteiger partial charge is 0.482 e. The summed E-state index contributed by atoms with van der Waals surface area (Å²) in [6.45, 7) is 2.15. The van der Waals surface area contributed by atoms with E-state index in [9.17, 15) is 9.90 Å². The first-order chi connectivity index (χ1) is 16.4. The standard InChI is InChI=1S/C28H29N3O3/c1-31(14-15-6-7-15)11-10-27-22-16-8-9-18(26(29)32)24(22)34-25(27)23-19(13-28(27,33)21(31)12-16)17-4-2-3-5-20(17)30-23/h2-5,8-9,15,21,25,30,33H,6-7,10-14H2,1H3,(H-,29,32)/p+1/t21?,25?,27?,28-,31+/m1/s1. The lowest BCUT2D eigenvalue weighted by Crippen LogP contribution is -2.79. The Morgan fingerprint density at radius 1 is 1.26 bits per heavy atom. The number of fused-ring (bicyclic) bond motifs is 4. The molecule has 174 valence electrons. The number of carbonyl (C=O) groups excluding carboxylic acids is 1. The molecule has 1 amide bonds. The number of benzene rings is 2. The third kappa shape index (κ3) is 2.05. The van der Waals surface area contributed by atoms with Crippen LogP contribution in [0.2, 0.25) is 0 Å². The van der Waals surface area contributed by atoms with E-state index in [0.29, 0.717) is 17.7 Å². The zero-order valence-corrected chi connectivity index (χ0v) is 19.4. The van der Waals surface area contributed by atoms with Gasteiger partial charge in [-0.1, -0.05) is 24.3 Å². The van der Waals surface area contributed by atoms with Gasteiger partial charge in [-0.2, -0.15) is 0 Å². The predicted molar refractivity (Wildman–Crippen MR) is 128 cm³/mol. The quantitative estimate of drug-likeness (QED) is 0.529. The van der Waals surface area contributed by atoms with Crippen LogP contribution in [-0.4, -0.2) is 52.3 Å². The van der Waals surface area contributed by atoms with Gasteiger partial charge >= 0.3 is 0 Å². The molecule has 4 N–H and O–H groups in total. The fraction of sp³-hybridized carbons (Fsp3) is 0.464. The van der Waals surface area contributed by atoms with E-state index in [4.69, 9.17) is 10.5 Å². The molecule has 2 aliphatic heterocycles. The highest BCUT2D eigenvalue weighted by Crippen LogP contribution is 2.69. The van der Waals surface area contributed by atoms with Crippen LogP contribution >= 0.6 is 0 Å². The molecule has 1 spiro atoms. The Balaban J connectivity index is 1.44. The van der Waals surface area contributed by atoms with Crippen LogP contribution in [-0.2, 0) is 18.3 Å². The Bertz CT molecular complexity index is 1420. The van der Waals surface area contributed by atoms with Crippen molar-refractivity contribution in [3.63, 3.8) is 0 Å². The van der Waals surface area contributed by atoms with Crippen LogP contribution in [0.15, 0.2) is 36.4 Å². The first-order valence-electron chi connectivity index (χ1n) is 12.6. The second-order valence-electron chi connectivity index (χ2n) is 11.8. The number of primary amides is 1. The maximum absolute atomic E-state index is 13.0. The Labute approximate surface area is 198 Å². The second-order valence-corrected chi connectivity index (χ2v) is 11.8. The van der Waals surface area contributed by atoms with E-state index in [0.717, 1.165) is 58.5 Å². The molecule has 2 bridgehead atoms. The molecule has 6 heteroatoms. The topological polar surface area (TPSA) is 88.3 Å². The first kappa shape index (κ1) is 19.5. The van der Waals surface area contributed by atoms with Crippen molar-refractivity contribution in [2.75, 3.05) is 20.1 Å². The maximum Gasteiger partial charge on any atom is 0.252 e. The normalized spacial score (nSPS) is 36.6. The van der Waals surface area contributed by atoms with Crippen molar-refractivity contribution in [1.29, 1.82) is 0 Å². The van der Waals surface area contributed by atoms with Gasteiger partial charge in [0.15, 0.2) is 6.10 Å². The molecule has 3 aromatic rings. The van der Waals surface area contributed by atoms with Gasteiger partial charge in [0.1, 0.15) is 17.4 Å². The number of aromatic nitrogens is 1. The van der Waals surface area contributed by atoms with E-state index in [1.165, 1.54) is 24.0 Å². The van der Waals surface area contributed by atoms with Crippen molar-refractivity contribution in [2.24, 2.45) is 11.7 Å². The monoisotopic (exact) mass is 456 g/mol. The number of aromatic amines is 1. The van der Waals surface area contributed by atoms with Gasteiger partial charge in [-0.05, 0) is 36.1 Å². The lowest BCUT2D eigenvalue weighted by Gasteiger charge is -2.64. The Morgan fingerprint density at radius 3 is 2.88 bits per heavy atom. The van der Waals surface area contributed by atoms with Crippen molar-refractivity contribution in [2.45, 2.75) is 55.3 Å². The van der Waals surface area contributed by atoms with Crippen molar-refractivity contribution >= 4 is 16.8 Å². The van der Waals surface area contributed by atoms with Gasteiger partial charge in [-0.25, -0.2) is 0 Å².